The van der Waals surface area contributed by atoms with Gasteiger partial charge in [-0.3, -0.25) is 0 Å². The zero-order valence-corrected chi connectivity index (χ0v) is 9.55. The lowest BCUT2D eigenvalue weighted by Crippen LogP contribution is -2.36. The van der Waals surface area contributed by atoms with Crippen molar-refractivity contribution in [3.63, 3.8) is 0 Å². The minimum Gasteiger partial charge on any atom is -0.314 e. The molecule has 0 amide bonds. The SMILES string of the molecule is C#CCCCNC1CCC(C)C(C)C1. The van der Waals surface area contributed by atoms with Gasteiger partial charge in [0, 0.05) is 12.5 Å². The molecule has 14 heavy (non-hydrogen) atoms. The molecule has 0 aromatic rings. The number of nitrogens with one attached hydrogen (secondary N) is 1. The van der Waals surface area contributed by atoms with E-state index in [1.807, 2.05) is 0 Å². The van der Waals surface area contributed by atoms with E-state index in [9.17, 15) is 0 Å². The zero-order valence-electron chi connectivity index (χ0n) is 9.55. The molecule has 1 rings (SSSR count). The van der Waals surface area contributed by atoms with E-state index in [2.05, 4.69) is 25.1 Å². The minimum absolute atomic E-state index is 0.749. The van der Waals surface area contributed by atoms with Crippen molar-refractivity contribution in [2.75, 3.05) is 6.54 Å². The van der Waals surface area contributed by atoms with Gasteiger partial charge in [-0.25, -0.2) is 0 Å². The molecule has 0 bridgehead atoms. The fourth-order valence-corrected chi connectivity index (χ4v) is 2.23. The summed E-state index contributed by atoms with van der Waals surface area (Å²) in [6.07, 6.45) is 11.3. The average Bonchev–Trinajstić information content (AvgIpc) is 2.18. The summed E-state index contributed by atoms with van der Waals surface area (Å²) in [5, 5.41) is 3.61. The molecule has 1 N–H and O–H groups in total. The van der Waals surface area contributed by atoms with Gasteiger partial charge in [0.15, 0.2) is 0 Å². The van der Waals surface area contributed by atoms with Crippen LogP contribution in [0.2, 0.25) is 0 Å². The van der Waals surface area contributed by atoms with E-state index in [-0.39, 0.29) is 0 Å². The second-order valence-corrected chi connectivity index (χ2v) is 4.73. The standard InChI is InChI=1S/C13H23N/c1-4-5-6-9-14-13-8-7-11(2)12(3)10-13/h1,11-14H,5-10H2,2-3H3. The molecule has 0 spiro atoms. The van der Waals surface area contributed by atoms with Crippen molar-refractivity contribution in [1.29, 1.82) is 0 Å². The van der Waals surface area contributed by atoms with Crippen LogP contribution in [-0.4, -0.2) is 12.6 Å². The third kappa shape index (κ3) is 3.72. The summed E-state index contributed by atoms with van der Waals surface area (Å²) in [5.74, 6) is 4.48. The van der Waals surface area contributed by atoms with Crippen LogP contribution in [0.5, 0.6) is 0 Å². The molecule has 3 unspecified atom stereocenters. The molecule has 1 aliphatic carbocycles. The Morgan fingerprint density at radius 3 is 2.71 bits per heavy atom. The molecule has 80 valence electrons. The first-order chi connectivity index (χ1) is 6.74. The Morgan fingerprint density at radius 1 is 1.29 bits per heavy atom. The highest BCUT2D eigenvalue weighted by Gasteiger charge is 2.23. The largest absolute Gasteiger partial charge is 0.314 e. The van der Waals surface area contributed by atoms with E-state index in [4.69, 9.17) is 6.42 Å². The predicted molar refractivity (Wildman–Crippen MR) is 62.0 cm³/mol. The molecule has 1 fully saturated rings. The van der Waals surface area contributed by atoms with Crippen LogP contribution < -0.4 is 5.32 Å². The molecule has 0 aromatic carbocycles. The number of terminal acetylenes is 1. The summed E-state index contributed by atoms with van der Waals surface area (Å²) in [6, 6.07) is 0.749. The minimum atomic E-state index is 0.749. The Kier molecular flexibility index (Phi) is 5.04. The van der Waals surface area contributed by atoms with Gasteiger partial charge in [0.1, 0.15) is 0 Å². The summed E-state index contributed by atoms with van der Waals surface area (Å²) in [5.41, 5.74) is 0. The fourth-order valence-electron chi connectivity index (χ4n) is 2.23. The van der Waals surface area contributed by atoms with Crippen LogP contribution in [0, 0.1) is 24.2 Å². The van der Waals surface area contributed by atoms with E-state index >= 15 is 0 Å². The van der Waals surface area contributed by atoms with Crippen molar-refractivity contribution in [3.05, 3.63) is 0 Å². The molecule has 0 saturated heterocycles. The normalized spacial score (nSPS) is 32.5. The molecule has 0 heterocycles. The average molecular weight is 193 g/mol. The molecule has 1 heteroatoms. The maximum absolute atomic E-state index is 5.21. The van der Waals surface area contributed by atoms with Gasteiger partial charge in [0.25, 0.3) is 0 Å². The van der Waals surface area contributed by atoms with Gasteiger partial charge >= 0.3 is 0 Å². The first kappa shape index (κ1) is 11.6. The molecule has 3 atom stereocenters. The fraction of sp³-hybridized carbons (Fsp3) is 0.846. The highest BCUT2D eigenvalue weighted by atomic mass is 14.9. The molecule has 0 radical (unpaired) electrons. The first-order valence-corrected chi connectivity index (χ1v) is 5.91. The highest BCUT2D eigenvalue weighted by Crippen LogP contribution is 2.29. The van der Waals surface area contributed by atoms with E-state index in [1.165, 1.54) is 19.3 Å². The number of rotatable bonds is 4. The summed E-state index contributed by atoms with van der Waals surface area (Å²) in [7, 11) is 0. The van der Waals surface area contributed by atoms with Gasteiger partial charge in [-0.1, -0.05) is 13.8 Å². The van der Waals surface area contributed by atoms with Crippen molar-refractivity contribution < 1.29 is 0 Å². The van der Waals surface area contributed by atoms with Crippen molar-refractivity contribution in [2.24, 2.45) is 11.8 Å². The van der Waals surface area contributed by atoms with Gasteiger partial charge < -0.3 is 5.32 Å². The second-order valence-electron chi connectivity index (χ2n) is 4.73. The van der Waals surface area contributed by atoms with Crippen molar-refractivity contribution in [1.82, 2.24) is 5.32 Å². The van der Waals surface area contributed by atoms with Crippen molar-refractivity contribution in [3.8, 4) is 12.3 Å². The Labute approximate surface area is 88.7 Å². The van der Waals surface area contributed by atoms with E-state index in [0.717, 1.165) is 37.3 Å². The quantitative estimate of drug-likeness (QED) is 0.535. The summed E-state index contributed by atoms with van der Waals surface area (Å²) in [6.45, 7) is 5.84. The predicted octanol–water partition coefficient (Wildman–Crippen LogP) is 2.81. The lowest BCUT2D eigenvalue weighted by atomic mass is 9.79. The maximum atomic E-state index is 5.21. The van der Waals surface area contributed by atoms with Crippen LogP contribution in [0.4, 0.5) is 0 Å². The summed E-state index contributed by atoms with van der Waals surface area (Å²) < 4.78 is 0. The summed E-state index contributed by atoms with van der Waals surface area (Å²) in [4.78, 5) is 0. The third-order valence-corrected chi connectivity index (χ3v) is 3.53. The summed E-state index contributed by atoms with van der Waals surface area (Å²) >= 11 is 0. The van der Waals surface area contributed by atoms with Gasteiger partial charge in [-0.05, 0) is 44.1 Å². The van der Waals surface area contributed by atoms with E-state index in [1.54, 1.807) is 0 Å². The van der Waals surface area contributed by atoms with Crippen LogP contribution >= 0.6 is 0 Å². The lowest BCUT2D eigenvalue weighted by Gasteiger charge is -2.32. The highest BCUT2D eigenvalue weighted by molar-refractivity contribution is 4.84. The number of unbranched alkanes of at least 4 members (excludes halogenated alkanes) is 1. The van der Waals surface area contributed by atoms with Crippen LogP contribution in [0.1, 0.15) is 46.0 Å². The van der Waals surface area contributed by atoms with Crippen LogP contribution in [0.25, 0.3) is 0 Å². The number of hydrogen-bond acceptors (Lipinski definition) is 1. The van der Waals surface area contributed by atoms with Gasteiger partial charge in [-0.15, -0.1) is 12.3 Å². The van der Waals surface area contributed by atoms with E-state index in [0.29, 0.717) is 0 Å². The molecule has 1 nitrogen and oxygen atoms in total. The number of hydrogen-bond donors (Lipinski definition) is 1. The Morgan fingerprint density at radius 2 is 2.07 bits per heavy atom. The maximum Gasteiger partial charge on any atom is 0.00981 e. The van der Waals surface area contributed by atoms with Crippen molar-refractivity contribution >= 4 is 0 Å². The molecular weight excluding hydrogens is 170 g/mol. The smallest absolute Gasteiger partial charge is 0.00981 e. The van der Waals surface area contributed by atoms with Gasteiger partial charge in [0.2, 0.25) is 0 Å². The van der Waals surface area contributed by atoms with Gasteiger partial charge in [-0.2, -0.15) is 0 Å². The second kappa shape index (κ2) is 6.09. The van der Waals surface area contributed by atoms with Crippen LogP contribution in [-0.2, 0) is 0 Å². The zero-order chi connectivity index (χ0) is 10.4. The van der Waals surface area contributed by atoms with E-state index < -0.39 is 0 Å². The van der Waals surface area contributed by atoms with Crippen LogP contribution in [0.15, 0.2) is 0 Å². The Hall–Kier alpha value is -0.480. The molecule has 0 aliphatic heterocycles. The third-order valence-electron chi connectivity index (χ3n) is 3.53. The van der Waals surface area contributed by atoms with Gasteiger partial charge in [0.05, 0.1) is 0 Å². The molecule has 0 aromatic heterocycles. The van der Waals surface area contributed by atoms with Crippen molar-refractivity contribution in [2.45, 2.75) is 52.0 Å². The Balaban J connectivity index is 2.11. The van der Waals surface area contributed by atoms with Crippen LogP contribution in [0.3, 0.4) is 0 Å². The lowest BCUT2D eigenvalue weighted by molar-refractivity contribution is 0.226. The Bertz CT molecular complexity index is 192. The monoisotopic (exact) mass is 193 g/mol. The molecule has 1 saturated carbocycles. The topological polar surface area (TPSA) is 12.0 Å². The molecular formula is C13H23N. The molecule has 1 aliphatic rings. The first-order valence-electron chi connectivity index (χ1n) is 5.91.